The molecule has 0 aliphatic carbocycles. The molecule has 0 saturated carbocycles. The number of carbonyl (C=O) groups excluding carboxylic acids is 3. The van der Waals surface area contributed by atoms with Gasteiger partial charge in [0, 0.05) is 5.56 Å². The number of aliphatic hydroxyl groups is 1. The number of hydrogen-bond donors (Lipinski definition) is 2. The molecule has 1 heterocycles. The Hall–Kier alpha value is -3.36. The van der Waals surface area contributed by atoms with Crippen molar-refractivity contribution in [3.8, 4) is 5.75 Å². The van der Waals surface area contributed by atoms with E-state index in [2.05, 4.69) is 0 Å². The van der Waals surface area contributed by atoms with E-state index in [1.807, 2.05) is 0 Å². The van der Waals surface area contributed by atoms with E-state index in [9.17, 15) is 29.4 Å². The molecule has 2 aromatic carbocycles. The van der Waals surface area contributed by atoms with Crippen LogP contribution in [0.4, 0.5) is 0 Å². The molecular formula is C22H22NO7+. The normalized spacial score (nSPS) is 15.0. The number of imide groups is 1. The molecule has 0 saturated heterocycles. The second-order valence-electron chi connectivity index (χ2n) is 7.66. The summed E-state index contributed by atoms with van der Waals surface area (Å²) in [6, 6.07) is 12.3. The predicted molar refractivity (Wildman–Crippen MR) is 105 cm³/mol. The molecule has 0 radical (unpaired) electrons. The molecule has 0 aromatic heterocycles. The van der Waals surface area contributed by atoms with E-state index >= 15 is 0 Å². The topological polar surface area (TPSA) is 118 Å². The number of rotatable bonds is 8. The Morgan fingerprint density at radius 2 is 1.50 bits per heavy atom. The van der Waals surface area contributed by atoms with Crippen molar-refractivity contribution in [1.82, 2.24) is 0 Å². The van der Waals surface area contributed by atoms with Crippen LogP contribution in [0.1, 0.15) is 44.9 Å². The first kappa shape index (κ1) is 21.4. The number of carboxylic acid groups (broad SMARTS) is 1. The maximum atomic E-state index is 12.9. The number of benzene rings is 2. The van der Waals surface area contributed by atoms with Gasteiger partial charge in [-0.2, -0.15) is 4.48 Å². The van der Waals surface area contributed by atoms with Crippen LogP contribution < -0.4 is 4.74 Å². The smallest absolute Gasteiger partial charge is 0.360 e. The Labute approximate surface area is 172 Å². The maximum absolute atomic E-state index is 12.9. The maximum Gasteiger partial charge on any atom is 0.360 e. The summed E-state index contributed by atoms with van der Waals surface area (Å²) in [4.78, 5) is 49.3. The van der Waals surface area contributed by atoms with Crippen LogP contribution in [0.3, 0.4) is 0 Å². The number of amides is 2. The van der Waals surface area contributed by atoms with E-state index in [0.29, 0.717) is 11.3 Å². The first-order valence-corrected chi connectivity index (χ1v) is 9.34. The van der Waals surface area contributed by atoms with Crippen molar-refractivity contribution in [2.45, 2.75) is 19.4 Å². The summed E-state index contributed by atoms with van der Waals surface area (Å²) in [5.41, 5.74) is -0.776. The molecule has 8 heteroatoms. The second-order valence-corrected chi connectivity index (χ2v) is 7.66. The summed E-state index contributed by atoms with van der Waals surface area (Å²) in [6.07, 6.45) is 0. The summed E-state index contributed by atoms with van der Waals surface area (Å²) in [6.45, 7) is 1.88. The third kappa shape index (κ3) is 3.87. The summed E-state index contributed by atoms with van der Waals surface area (Å²) >= 11 is 0. The van der Waals surface area contributed by atoms with Crippen molar-refractivity contribution in [2.75, 3.05) is 19.7 Å². The number of quaternary nitrogens is 1. The summed E-state index contributed by atoms with van der Waals surface area (Å²) in [5.74, 6) is -2.45. The van der Waals surface area contributed by atoms with Gasteiger partial charge < -0.3 is 14.9 Å². The lowest BCUT2D eigenvalue weighted by atomic mass is 9.97. The molecular weight excluding hydrogens is 390 g/mol. The molecule has 30 heavy (non-hydrogen) atoms. The highest BCUT2D eigenvalue weighted by Gasteiger charge is 2.54. The van der Waals surface area contributed by atoms with E-state index in [0.717, 1.165) is 0 Å². The number of aliphatic carboxylic acids is 1. The lowest BCUT2D eigenvalue weighted by Gasteiger charge is -2.26. The molecule has 8 nitrogen and oxygen atoms in total. The molecule has 2 N–H and O–H groups in total. The molecule has 2 amide bonds. The largest absolute Gasteiger partial charge is 0.488 e. The summed E-state index contributed by atoms with van der Waals surface area (Å²) < 4.78 is 4.73. The first-order chi connectivity index (χ1) is 14.1. The van der Waals surface area contributed by atoms with Crippen molar-refractivity contribution >= 4 is 23.6 Å². The summed E-state index contributed by atoms with van der Waals surface area (Å²) in [7, 11) is 0. The van der Waals surface area contributed by atoms with Crippen LogP contribution in [-0.2, 0) is 4.79 Å². The van der Waals surface area contributed by atoms with Gasteiger partial charge in [0.1, 0.15) is 24.5 Å². The van der Waals surface area contributed by atoms with E-state index in [1.165, 1.54) is 50.2 Å². The highest BCUT2D eigenvalue weighted by atomic mass is 16.5. The van der Waals surface area contributed by atoms with Gasteiger partial charge in [-0.3, -0.25) is 4.79 Å². The van der Waals surface area contributed by atoms with E-state index in [-0.39, 0.29) is 24.3 Å². The third-order valence-electron chi connectivity index (χ3n) is 4.98. The minimum Gasteiger partial charge on any atom is -0.488 e. The highest BCUT2D eigenvalue weighted by molar-refractivity contribution is 6.14. The Balaban J connectivity index is 1.74. The minimum absolute atomic E-state index is 0.0858. The van der Waals surface area contributed by atoms with Gasteiger partial charge in [0.2, 0.25) is 0 Å². The second kappa shape index (κ2) is 7.81. The SMILES string of the molecule is CC(C)(O)C(=O)c1ccc(OCC[N+]2(CC(=O)O)C(=O)c3ccccc3C2=O)cc1. The van der Waals surface area contributed by atoms with E-state index in [1.54, 1.807) is 12.1 Å². The van der Waals surface area contributed by atoms with Gasteiger partial charge in [0.15, 0.2) is 12.3 Å². The lowest BCUT2D eigenvalue weighted by molar-refractivity contribution is -0.755. The van der Waals surface area contributed by atoms with Crippen molar-refractivity contribution in [2.24, 2.45) is 0 Å². The van der Waals surface area contributed by atoms with Crippen LogP contribution in [-0.4, -0.2) is 63.6 Å². The average molecular weight is 412 g/mol. The quantitative estimate of drug-likeness (QED) is 0.386. The Morgan fingerprint density at radius 1 is 0.967 bits per heavy atom. The van der Waals surface area contributed by atoms with Gasteiger partial charge in [-0.05, 0) is 50.2 Å². The van der Waals surface area contributed by atoms with Crippen molar-refractivity contribution in [1.29, 1.82) is 0 Å². The van der Waals surface area contributed by atoms with Crippen LogP contribution in [0.15, 0.2) is 48.5 Å². The van der Waals surface area contributed by atoms with Gasteiger partial charge in [-0.25, -0.2) is 14.4 Å². The van der Waals surface area contributed by atoms with E-state index < -0.39 is 40.2 Å². The fraction of sp³-hybridized carbons (Fsp3) is 0.273. The molecule has 0 atom stereocenters. The number of Topliss-reactive ketones (excluding diaryl/α,β-unsaturated/α-hetero) is 1. The number of hydrogen-bond acceptors (Lipinski definition) is 6. The number of ether oxygens (including phenoxy) is 1. The van der Waals surface area contributed by atoms with Crippen LogP contribution in [0.5, 0.6) is 5.75 Å². The number of fused-ring (bicyclic) bond motifs is 1. The van der Waals surface area contributed by atoms with Crippen LogP contribution in [0.25, 0.3) is 0 Å². The molecule has 156 valence electrons. The third-order valence-corrected chi connectivity index (χ3v) is 4.98. The number of carboxylic acids is 1. The molecule has 0 spiro atoms. The predicted octanol–water partition coefficient (Wildman–Crippen LogP) is 1.91. The van der Waals surface area contributed by atoms with Crippen molar-refractivity contribution in [3.63, 3.8) is 0 Å². The lowest BCUT2D eigenvalue weighted by Crippen LogP contribution is -2.57. The standard InChI is InChI=1S/C22H21NO7/c1-22(2,29)19(26)14-7-9-15(10-8-14)30-12-11-23(13-18(24)25)20(27)16-5-3-4-6-17(16)21(23)28/h3-10,29H,11-13H2,1-2H3/p+1. The highest BCUT2D eigenvalue weighted by Crippen LogP contribution is 2.30. The molecule has 0 unspecified atom stereocenters. The summed E-state index contributed by atoms with van der Waals surface area (Å²) in [5, 5.41) is 19.1. The zero-order chi connectivity index (χ0) is 22.1. The number of carbonyl (C=O) groups is 4. The van der Waals surface area contributed by atoms with Gasteiger partial charge in [0.05, 0.1) is 11.1 Å². The molecule has 0 fully saturated rings. The average Bonchev–Trinajstić information content (AvgIpc) is 2.89. The zero-order valence-corrected chi connectivity index (χ0v) is 16.6. The Bertz CT molecular complexity index is 984. The minimum atomic E-state index is -1.50. The molecule has 0 bridgehead atoms. The molecule has 2 aromatic rings. The number of nitrogens with zero attached hydrogens (tertiary/aromatic N) is 1. The van der Waals surface area contributed by atoms with Crippen LogP contribution >= 0.6 is 0 Å². The Kier molecular flexibility index (Phi) is 5.56. The molecule has 1 aliphatic rings. The van der Waals surface area contributed by atoms with Crippen LogP contribution in [0, 0.1) is 0 Å². The van der Waals surface area contributed by atoms with Crippen molar-refractivity contribution < 1.29 is 38.6 Å². The van der Waals surface area contributed by atoms with Gasteiger partial charge in [-0.15, -0.1) is 0 Å². The molecule has 3 rings (SSSR count). The van der Waals surface area contributed by atoms with Crippen molar-refractivity contribution in [3.05, 3.63) is 65.2 Å². The van der Waals surface area contributed by atoms with Gasteiger partial charge >= 0.3 is 17.8 Å². The number of ketones is 1. The van der Waals surface area contributed by atoms with Gasteiger partial charge in [0.25, 0.3) is 0 Å². The molecule has 1 aliphatic heterocycles. The fourth-order valence-corrected chi connectivity index (χ4v) is 3.44. The van der Waals surface area contributed by atoms with Gasteiger partial charge in [-0.1, -0.05) is 12.1 Å². The fourth-order valence-electron chi connectivity index (χ4n) is 3.44. The van der Waals surface area contributed by atoms with Crippen LogP contribution in [0.2, 0.25) is 0 Å². The van der Waals surface area contributed by atoms with E-state index in [4.69, 9.17) is 4.74 Å². The first-order valence-electron chi connectivity index (χ1n) is 9.34. The monoisotopic (exact) mass is 412 g/mol. The Morgan fingerprint density at radius 3 is 1.97 bits per heavy atom. The zero-order valence-electron chi connectivity index (χ0n) is 16.6.